The van der Waals surface area contributed by atoms with Crippen LogP contribution in [0.25, 0.3) is 16.9 Å². The van der Waals surface area contributed by atoms with Gasteiger partial charge < -0.3 is 9.30 Å². The number of methoxy groups -OCH3 is 1. The van der Waals surface area contributed by atoms with Gasteiger partial charge >= 0.3 is 11.7 Å². The van der Waals surface area contributed by atoms with Crippen LogP contribution in [-0.2, 0) is 23.6 Å². The molecule has 9 heteroatoms. The van der Waals surface area contributed by atoms with E-state index in [1.54, 1.807) is 10.6 Å². The molecule has 1 unspecified atom stereocenters. The zero-order valence-electron chi connectivity index (χ0n) is 13.5. The van der Waals surface area contributed by atoms with Crippen molar-refractivity contribution in [2.45, 2.75) is 19.9 Å². The fourth-order valence-electron chi connectivity index (χ4n) is 2.70. The Morgan fingerprint density at radius 1 is 1.26 bits per heavy atom. The number of carbonyl (C=O) groups excluding carboxylic acids is 1. The van der Waals surface area contributed by atoms with E-state index in [0.29, 0.717) is 5.78 Å². The summed E-state index contributed by atoms with van der Waals surface area (Å²) in [5.74, 6) is -0.110. The molecule has 0 saturated carbocycles. The molecular weight excluding hydrogens is 302 g/mol. The van der Waals surface area contributed by atoms with Crippen molar-refractivity contribution in [3.05, 3.63) is 32.7 Å². The predicted octanol–water partition coefficient (Wildman–Crippen LogP) is -0.271. The summed E-state index contributed by atoms with van der Waals surface area (Å²) in [7, 11) is 4.55. The van der Waals surface area contributed by atoms with E-state index in [-0.39, 0.29) is 11.2 Å². The molecule has 0 aliphatic rings. The van der Waals surface area contributed by atoms with Gasteiger partial charge in [-0.05, 0) is 13.8 Å². The third-order valence-electron chi connectivity index (χ3n) is 4.18. The fourth-order valence-corrected chi connectivity index (χ4v) is 2.70. The molecule has 3 rings (SSSR count). The number of aryl methyl sites for hydroxylation is 3. The second-order valence-corrected chi connectivity index (χ2v) is 5.50. The van der Waals surface area contributed by atoms with Crippen LogP contribution in [0.15, 0.2) is 15.8 Å². The number of ether oxygens (including phenoxy) is 1. The van der Waals surface area contributed by atoms with Crippen LogP contribution in [0.1, 0.15) is 18.7 Å². The third kappa shape index (κ3) is 1.85. The van der Waals surface area contributed by atoms with Gasteiger partial charge in [0.25, 0.3) is 5.56 Å². The van der Waals surface area contributed by atoms with Crippen molar-refractivity contribution in [1.29, 1.82) is 0 Å². The highest BCUT2D eigenvalue weighted by Crippen LogP contribution is 2.15. The highest BCUT2D eigenvalue weighted by Gasteiger charge is 2.25. The standard InChI is InChI=1S/C14H17N5O4/c1-7-6-18-9-10(15-13(18)16(7)3)17(4)14(22)19(11(9)20)8(2)12(21)23-5/h6,8H,1-5H3. The molecule has 0 fully saturated rings. The van der Waals surface area contributed by atoms with Crippen LogP contribution in [0.2, 0.25) is 0 Å². The normalized spacial score (nSPS) is 12.9. The fraction of sp³-hybridized carbons (Fsp3) is 0.429. The van der Waals surface area contributed by atoms with E-state index >= 15 is 0 Å². The molecule has 3 aromatic rings. The monoisotopic (exact) mass is 319 g/mol. The third-order valence-corrected chi connectivity index (χ3v) is 4.18. The minimum absolute atomic E-state index is 0.251. The number of esters is 1. The number of nitrogens with zero attached hydrogens (tertiary/aromatic N) is 5. The summed E-state index contributed by atoms with van der Waals surface area (Å²) in [6.07, 6.45) is 1.77. The molecule has 9 nitrogen and oxygen atoms in total. The number of fused-ring (bicyclic) bond motifs is 3. The summed E-state index contributed by atoms with van der Waals surface area (Å²) in [4.78, 5) is 41.5. The van der Waals surface area contributed by atoms with Gasteiger partial charge in [-0.1, -0.05) is 0 Å². The molecule has 0 saturated heterocycles. The predicted molar refractivity (Wildman–Crippen MR) is 82.6 cm³/mol. The molecule has 0 aliphatic heterocycles. The maximum absolute atomic E-state index is 12.8. The number of hydrogen-bond donors (Lipinski definition) is 0. The Kier molecular flexibility index (Phi) is 3.17. The molecule has 0 radical (unpaired) electrons. The van der Waals surface area contributed by atoms with Crippen molar-refractivity contribution in [3.8, 4) is 0 Å². The minimum atomic E-state index is -1.02. The smallest absolute Gasteiger partial charge is 0.333 e. The van der Waals surface area contributed by atoms with E-state index in [0.717, 1.165) is 10.3 Å². The van der Waals surface area contributed by atoms with Gasteiger partial charge in [0.15, 0.2) is 11.2 Å². The molecule has 0 spiro atoms. The highest BCUT2D eigenvalue weighted by atomic mass is 16.5. The first kappa shape index (κ1) is 15.1. The molecule has 0 aliphatic carbocycles. The maximum atomic E-state index is 12.8. The molecule has 1 atom stereocenters. The van der Waals surface area contributed by atoms with Crippen molar-refractivity contribution in [2.75, 3.05) is 7.11 Å². The van der Waals surface area contributed by atoms with E-state index in [1.165, 1.54) is 25.6 Å². The highest BCUT2D eigenvalue weighted by molar-refractivity contribution is 5.77. The maximum Gasteiger partial charge on any atom is 0.333 e. The molecule has 0 amide bonds. The van der Waals surface area contributed by atoms with Crippen LogP contribution < -0.4 is 11.2 Å². The second-order valence-electron chi connectivity index (χ2n) is 5.50. The van der Waals surface area contributed by atoms with E-state index < -0.39 is 23.3 Å². The first-order valence-electron chi connectivity index (χ1n) is 7.03. The average molecular weight is 319 g/mol. The van der Waals surface area contributed by atoms with Gasteiger partial charge in [0.2, 0.25) is 5.78 Å². The molecule has 0 N–H and O–H groups in total. The minimum Gasteiger partial charge on any atom is -0.467 e. The van der Waals surface area contributed by atoms with Gasteiger partial charge in [-0.15, -0.1) is 0 Å². The van der Waals surface area contributed by atoms with Gasteiger partial charge in [0.05, 0.1) is 7.11 Å². The topological polar surface area (TPSA) is 92.5 Å². The number of imidazole rings is 2. The van der Waals surface area contributed by atoms with Gasteiger partial charge in [-0.3, -0.25) is 13.8 Å². The molecule has 122 valence electrons. The Hall–Kier alpha value is -2.84. The Bertz CT molecular complexity index is 1070. The summed E-state index contributed by atoms with van der Waals surface area (Å²) < 4.78 is 10.3. The molecule has 0 bridgehead atoms. The zero-order chi connectivity index (χ0) is 17.0. The number of hydrogen-bond acceptors (Lipinski definition) is 5. The lowest BCUT2D eigenvalue weighted by molar-refractivity contribution is -0.144. The van der Waals surface area contributed by atoms with E-state index in [1.807, 2.05) is 18.5 Å². The largest absolute Gasteiger partial charge is 0.467 e. The van der Waals surface area contributed by atoms with Crippen LogP contribution in [0, 0.1) is 6.92 Å². The zero-order valence-corrected chi connectivity index (χ0v) is 13.5. The van der Waals surface area contributed by atoms with Gasteiger partial charge in [0.1, 0.15) is 6.04 Å². The molecule has 3 aromatic heterocycles. The average Bonchev–Trinajstić information content (AvgIpc) is 3.02. The van der Waals surface area contributed by atoms with Crippen LogP contribution in [0.5, 0.6) is 0 Å². The molecule has 3 heterocycles. The quantitative estimate of drug-likeness (QED) is 0.606. The van der Waals surface area contributed by atoms with Crippen molar-refractivity contribution < 1.29 is 9.53 Å². The SMILES string of the molecule is COC(=O)C(C)n1c(=O)c2c(nc3n(C)c(C)cn23)n(C)c1=O. The lowest BCUT2D eigenvalue weighted by Crippen LogP contribution is -2.43. The van der Waals surface area contributed by atoms with Crippen molar-refractivity contribution >= 4 is 22.9 Å². The first-order chi connectivity index (χ1) is 10.8. The lowest BCUT2D eigenvalue weighted by Gasteiger charge is -2.13. The Labute approximate surface area is 130 Å². The Balaban J connectivity index is 2.51. The van der Waals surface area contributed by atoms with Crippen LogP contribution in [0.4, 0.5) is 0 Å². The van der Waals surface area contributed by atoms with Crippen LogP contribution in [0.3, 0.4) is 0 Å². The summed E-state index contributed by atoms with van der Waals surface area (Å²) >= 11 is 0. The lowest BCUT2D eigenvalue weighted by atomic mass is 10.3. The van der Waals surface area contributed by atoms with Crippen molar-refractivity contribution in [3.63, 3.8) is 0 Å². The second kappa shape index (κ2) is 4.83. The summed E-state index contributed by atoms with van der Waals surface area (Å²) in [6, 6.07) is -1.02. The summed E-state index contributed by atoms with van der Waals surface area (Å²) in [5, 5.41) is 0. The number of carbonyl (C=O) groups is 1. The van der Waals surface area contributed by atoms with Gasteiger partial charge in [-0.2, -0.15) is 4.98 Å². The van der Waals surface area contributed by atoms with E-state index in [2.05, 4.69) is 9.72 Å². The molecule has 0 aromatic carbocycles. The number of rotatable bonds is 2. The van der Waals surface area contributed by atoms with E-state index in [9.17, 15) is 14.4 Å². The number of aromatic nitrogens is 5. The van der Waals surface area contributed by atoms with Crippen molar-refractivity contribution in [1.82, 2.24) is 23.1 Å². The van der Waals surface area contributed by atoms with Crippen molar-refractivity contribution in [2.24, 2.45) is 14.1 Å². The van der Waals surface area contributed by atoms with Gasteiger partial charge in [-0.25, -0.2) is 14.2 Å². The van der Waals surface area contributed by atoms with E-state index in [4.69, 9.17) is 0 Å². The molecular formula is C14H17N5O4. The van der Waals surface area contributed by atoms with Crippen LogP contribution in [-0.4, -0.2) is 36.2 Å². The first-order valence-corrected chi connectivity index (χ1v) is 7.03. The van der Waals surface area contributed by atoms with Crippen LogP contribution >= 0.6 is 0 Å². The summed E-state index contributed by atoms with van der Waals surface area (Å²) in [6.45, 7) is 3.34. The Morgan fingerprint density at radius 2 is 1.91 bits per heavy atom. The molecule has 23 heavy (non-hydrogen) atoms. The Morgan fingerprint density at radius 3 is 2.52 bits per heavy atom. The summed E-state index contributed by atoms with van der Waals surface area (Å²) in [5.41, 5.74) is 0.260. The van der Waals surface area contributed by atoms with Gasteiger partial charge in [0, 0.05) is 26.0 Å².